The molecule has 7 nitrogen and oxygen atoms in total. The molecule has 1 aliphatic rings. The van der Waals surface area contributed by atoms with Gasteiger partial charge >= 0.3 is 0 Å². The minimum absolute atomic E-state index is 0.0201. The van der Waals surface area contributed by atoms with Crippen LogP contribution in [0.1, 0.15) is 55.3 Å². The van der Waals surface area contributed by atoms with Crippen molar-refractivity contribution < 1.29 is 17.9 Å². The Morgan fingerprint density at radius 3 is 2.66 bits per heavy atom. The SMILES string of the molecule is CCC(CC)N(CCOC)C(=O)c1ccc2c(c1)nc(C)n2C1CCS(=O)(=O)C1. The fourth-order valence-corrected chi connectivity index (χ4v) is 6.03. The van der Waals surface area contributed by atoms with Crippen LogP contribution in [0.2, 0.25) is 0 Å². The monoisotopic (exact) mass is 421 g/mol. The first-order valence-corrected chi connectivity index (χ1v) is 12.1. The Morgan fingerprint density at radius 2 is 2.07 bits per heavy atom. The van der Waals surface area contributed by atoms with Gasteiger partial charge in [0.2, 0.25) is 0 Å². The Labute approximate surface area is 173 Å². The van der Waals surface area contributed by atoms with Crippen molar-refractivity contribution in [1.29, 1.82) is 0 Å². The molecule has 1 atom stereocenters. The molecule has 1 amide bonds. The molecule has 160 valence electrons. The predicted octanol–water partition coefficient (Wildman–Crippen LogP) is 2.98. The number of imidazole rings is 1. The normalized spacial score (nSPS) is 18.6. The average Bonchev–Trinajstić information content (AvgIpc) is 3.21. The van der Waals surface area contributed by atoms with Gasteiger partial charge in [-0.1, -0.05) is 13.8 Å². The summed E-state index contributed by atoms with van der Waals surface area (Å²) in [7, 11) is -1.35. The van der Waals surface area contributed by atoms with Gasteiger partial charge in [-0.3, -0.25) is 4.79 Å². The minimum Gasteiger partial charge on any atom is -0.383 e. The molecule has 8 heteroatoms. The summed E-state index contributed by atoms with van der Waals surface area (Å²) in [4.78, 5) is 19.8. The van der Waals surface area contributed by atoms with Crippen molar-refractivity contribution in [1.82, 2.24) is 14.5 Å². The van der Waals surface area contributed by atoms with Gasteiger partial charge in [-0.25, -0.2) is 13.4 Å². The number of sulfone groups is 1. The van der Waals surface area contributed by atoms with Crippen LogP contribution in [0.4, 0.5) is 0 Å². The Kier molecular flexibility index (Phi) is 6.63. The molecule has 0 spiro atoms. The molecule has 1 aromatic carbocycles. The number of aromatic nitrogens is 2. The molecular formula is C21H31N3O4S. The van der Waals surface area contributed by atoms with E-state index in [-0.39, 0.29) is 29.5 Å². The van der Waals surface area contributed by atoms with E-state index < -0.39 is 9.84 Å². The van der Waals surface area contributed by atoms with E-state index in [1.165, 1.54) is 0 Å². The first kappa shape index (κ1) is 21.8. The lowest BCUT2D eigenvalue weighted by molar-refractivity contribution is 0.0589. The summed E-state index contributed by atoms with van der Waals surface area (Å²) in [6, 6.07) is 5.63. The molecule has 3 rings (SSSR count). The van der Waals surface area contributed by atoms with Crippen molar-refractivity contribution in [2.24, 2.45) is 0 Å². The highest BCUT2D eigenvalue weighted by molar-refractivity contribution is 7.91. The number of benzene rings is 1. The highest BCUT2D eigenvalue weighted by Crippen LogP contribution is 2.30. The van der Waals surface area contributed by atoms with Gasteiger partial charge in [0.05, 0.1) is 35.2 Å². The van der Waals surface area contributed by atoms with Crippen molar-refractivity contribution in [2.45, 2.75) is 52.1 Å². The maximum absolute atomic E-state index is 13.2. The Hall–Kier alpha value is -1.93. The largest absolute Gasteiger partial charge is 0.383 e. The molecule has 0 bridgehead atoms. The van der Waals surface area contributed by atoms with E-state index in [9.17, 15) is 13.2 Å². The second-order valence-electron chi connectivity index (χ2n) is 7.75. The van der Waals surface area contributed by atoms with Gasteiger partial charge in [0.1, 0.15) is 5.82 Å². The van der Waals surface area contributed by atoms with E-state index in [1.807, 2.05) is 34.6 Å². The average molecular weight is 422 g/mol. The van der Waals surface area contributed by atoms with Crippen LogP contribution in [-0.4, -0.2) is 66.6 Å². The third kappa shape index (κ3) is 4.48. The fourth-order valence-electron chi connectivity index (χ4n) is 4.33. The molecule has 0 saturated carbocycles. The zero-order valence-electron chi connectivity index (χ0n) is 17.7. The molecular weight excluding hydrogens is 390 g/mol. The van der Waals surface area contributed by atoms with Gasteiger partial charge in [-0.15, -0.1) is 0 Å². The van der Waals surface area contributed by atoms with Crippen molar-refractivity contribution in [3.8, 4) is 0 Å². The number of hydrogen-bond donors (Lipinski definition) is 0. The number of methoxy groups -OCH3 is 1. The highest BCUT2D eigenvalue weighted by Gasteiger charge is 2.31. The number of ether oxygens (including phenoxy) is 1. The number of amides is 1. The predicted molar refractivity (Wildman–Crippen MR) is 114 cm³/mol. The van der Waals surface area contributed by atoms with Gasteiger partial charge in [-0.2, -0.15) is 0 Å². The molecule has 1 aromatic heterocycles. The molecule has 2 heterocycles. The molecule has 1 fully saturated rings. The maximum atomic E-state index is 13.2. The van der Waals surface area contributed by atoms with Gasteiger partial charge < -0.3 is 14.2 Å². The number of nitrogens with zero attached hydrogens (tertiary/aromatic N) is 3. The molecule has 1 saturated heterocycles. The molecule has 29 heavy (non-hydrogen) atoms. The second-order valence-corrected chi connectivity index (χ2v) is 9.98. The summed E-state index contributed by atoms with van der Waals surface area (Å²) in [6.45, 7) is 7.11. The van der Waals surface area contributed by atoms with Crippen LogP contribution >= 0.6 is 0 Å². The summed E-state index contributed by atoms with van der Waals surface area (Å²) >= 11 is 0. The third-order valence-electron chi connectivity index (χ3n) is 5.87. The summed E-state index contributed by atoms with van der Waals surface area (Å²) in [5.41, 5.74) is 2.21. The van der Waals surface area contributed by atoms with E-state index in [0.717, 1.165) is 29.7 Å². The van der Waals surface area contributed by atoms with E-state index in [1.54, 1.807) is 7.11 Å². The van der Waals surface area contributed by atoms with Crippen LogP contribution in [-0.2, 0) is 14.6 Å². The van der Waals surface area contributed by atoms with E-state index in [0.29, 0.717) is 25.1 Å². The summed E-state index contributed by atoms with van der Waals surface area (Å²) < 4.78 is 31.0. The van der Waals surface area contributed by atoms with E-state index >= 15 is 0 Å². The lowest BCUT2D eigenvalue weighted by Crippen LogP contribution is -2.41. The van der Waals surface area contributed by atoms with Crippen LogP contribution in [0.15, 0.2) is 18.2 Å². The topological polar surface area (TPSA) is 81.5 Å². The highest BCUT2D eigenvalue weighted by atomic mass is 32.2. The number of fused-ring (bicyclic) bond motifs is 1. The Balaban J connectivity index is 1.94. The number of aryl methyl sites for hydroxylation is 1. The quantitative estimate of drug-likeness (QED) is 0.654. The Morgan fingerprint density at radius 1 is 1.34 bits per heavy atom. The van der Waals surface area contributed by atoms with Gasteiger partial charge in [-0.05, 0) is 44.4 Å². The van der Waals surface area contributed by atoms with Crippen LogP contribution in [0, 0.1) is 6.92 Å². The molecule has 1 unspecified atom stereocenters. The molecule has 0 aliphatic carbocycles. The number of hydrogen-bond acceptors (Lipinski definition) is 5. The lowest BCUT2D eigenvalue weighted by Gasteiger charge is -2.30. The fraction of sp³-hybridized carbons (Fsp3) is 0.619. The van der Waals surface area contributed by atoms with E-state index in [2.05, 4.69) is 18.8 Å². The number of rotatable bonds is 8. The Bertz CT molecular complexity index is 979. The third-order valence-corrected chi connectivity index (χ3v) is 7.62. The summed E-state index contributed by atoms with van der Waals surface area (Å²) in [5, 5.41) is 0. The van der Waals surface area contributed by atoms with Crippen molar-refractivity contribution in [2.75, 3.05) is 31.8 Å². The molecule has 0 radical (unpaired) electrons. The molecule has 0 N–H and O–H groups in total. The van der Waals surface area contributed by atoms with Crippen molar-refractivity contribution in [3.63, 3.8) is 0 Å². The zero-order valence-corrected chi connectivity index (χ0v) is 18.5. The summed E-state index contributed by atoms with van der Waals surface area (Å²) in [5.74, 6) is 1.13. The summed E-state index contributed by atoms with van der Waals surface area (Å²) in [6.07, 6.45) is 2.38. The minimum atomic E-state index is -2.99. The first-order valence-electron chi connectivity index (χ1n) is 10.3. The van der Waals surface area contributed by atoms with Crippen LogP contribution in [0.3, 0.4) is 0 Å². The van der Waals surface area contributed by atoms with Gasteiger partial charge in [0, 0.05) is 25.3 Å². The second kappa shape index (κ2) is 8.83. The molecule has 1 aliphatic heterocycles. The number of carbonyl (C=O) groups is 1. The van der Waals surface area contributed by atoms with E-state index in [4.69, 9.17) is 4.74 Å². The standard InChI is InChI=1S/C21H31N3O4S/c1-5-17(6-2)23(10-11-28-4)21(25)16-7-8-20-19(13-16)22-15(3)24(20)18-9-12-29(26,27)14-18/h7-8,13,17-18H,5-6,9-12,14H2,1-4H3. The smallest absolute Gasteiger partial charge is 0.254 e. The van der Waals surface area contributed by atoms with Crippen LogP contribution in [0.25, 0.3) is 11.0 Å². The van der Waals surface area contributed by atoms with Crippen molar-refractivity contribution in [3.05, 3.63) is 29.6 Å². The molecule has 2 aromatic rings. The van der Waals surface area contributed by atoms with Gasteiger partial charge in [0.15, 0.2) is 9.84 Å². The zero-order chi connectivity index (χ0) is 21.2. The van der Waals surface area contributed by atoms with Crippen LogP contribution < -0.4 is 0 Å². The lowest BCUT2D eigenvalue weighted by atomic mass is 10.1. The number of carbonyl (C=O) groups excluding carboxylic acids is 1. The van der Waals surface area contributed by atoms with Crippen molar-refractivity contribution >= 4 is 26.8 Å². The first-order chi connectivity index (χ1) is 13.8. The van der Waals surface area contributed by atoms with Crippen LogP contribution in [0.5, 0.6) is 0 Å². The maximum Gasteiger partial charge on any atom is 0.254 e. The van der Waals surface area contributed by atoms with Gasteiger partial charge in [0.25, 0.3) is 5.91 Å².